The van der Waals surface area contributed by atoms with Crippen LogP contribution in [-0.4, -0.2) is 9.55 Å². The molecule has 116 valence electrons. The lowest BCUT2D eigenvalue weighted by molar-refractivity contribution is -0.137. The van der Waals surface area contributed by atoms with Gasteiger partial charge in [-0.25, -0.2) is 4.98 Å². The highest BCUT2D eigenvalue weighted by Crippen LogP contribution is 2.34. The lowest BCUT2D eigenvalue weighted by atomic mass is 10.1. The first kappa shape index (κ1) is 16.1. The van der Waals surface area contributed by atoms with Crippen LogP contribution in [0.5, 0.6) is 0 Å². The first-order valence-electron chi connectivity index (χ1n) is 6.98. The van der Waals surface area contributed by atoms with Crippen molar-refractivity contribution in [3.63, 3.8) is 0 Å². The van der Waals surface area contributed by atoms with Crippen LogP contribution in [0, 0.1) is 0 Å². The van der Waals surface area contributed by atoms with Crippen LogP contribution in [0.25, 0.3) is 11.0 Å². The normalized spacial score (nSPS) is 15.4. The van der Waals surface area contributed by atoms with Crippen molar-refractivity contribution in [3.8, 4) is 0 Å². The van der Waals surface area contributed by atoms with Gasteiger partial charge in [0.1, 0.15) is 5.82 Å². The fourth-order valence-electron chi connectivity index (χ4n) is 2.58. The molecule has 1 heterocycles. The minimum Gasteiger partial charge on any atom is -0.324 e. The summed E-state index contributed by atoms with van der Waals surface area (Å²) in [6, 6.07) is 3.82. The number of hydrogen-bond donors (Lipinski definition) is 0. The molecule has 0 saturated heterocycles. The van der Waals surface area contributed by atoms with E-state index in [0.717, 1.165) is 25.0 Å². The predicted octanol–water partition coefficient (Wildman–Crippen LogP) is 5.72. The lowest BCUT2D eigenvalue weighted by Crippen LogP contribution is -2.10. The summed E-state index contributed by atoms with van der Waals surface area (Å²) in [5, 5.41) is -0.356. The molecule has 2 aromatic rings. The van der Waals surface area contributed by atoms with Crippen LogP contribution < -0.4 is 0 Å². The van der Waals surface area contributed by atoms with E-state index < -0.39 is 11.7 Å². The molecule has 0 N–H and O–H groups in total. The third kappa shape index (κ3) is 3.18. The Balaban J connectivity index is 2.63. The highest BCUT2D eigenvalue weighted by atomic mass is 35.5. The fourth-order valence-corrected chi connectivity index (χ4v) is 2.74. The van der Waals surface area contributed by atoms with E-state index >= 15 is 0 Å². The molecule has 2 rings (SSSR count). The number of imidazole rings is 1. The molecule has 1 aromatic heterocycles. The third-order valence-electron chi connectivity index (χ3n) is 3.55. The maximum atomic E-state index is 12.8. The highest BCUT2D eigenvalue weighted by molar-refractivity contribution is 6.20. The van der Waals surface area contributed by atoms with Gasteiger partial charge in [-0.05, 0) is 38.5 Å². The quantitative estimate of drug-likeness (QED) is 0.660. The van der Waals surface area contributed by atoms with Gasteiger partial charge < -0.3 is 4.57 Å². The Morgan fingerprint density at radius 3 is 2.48 bits per heavy atom. The molecular formula is C15H18ClF3N2. The SMILES string of the molecule is CCCC(C)n1c(C(C)Cl)nc2cc(C(F)(F)F)ccc21. The molecule has 21 heavy (non-hydrogen) atoms. The third-order valence-corrected chi connectivity index (χ3v) is 3.74. The van der Waals surface area contributed by atoms with Crippen molar-refractivity contribution < 1.29 is 13.2 Å². The van der Waals surface area contributed by atoms with E-state index in [1.807, 2.05) is 11.5 Å². The molecule has 0 aliphatic rings. The zero-order chi connectivity index (χ0) is 15.8. The summed E-state index contributed by atoms with van der Waals surface area (Å²) in [5.41, 5.74) is 0.360. The van der Waals surface area contributed by atoms with Crippen molar-refractivity contribution >= 4 is 22.6 Å². The molecule has 1 aromatic carbocycles. The van der Waals surface area contributed by atoms with Gasteiger partial charge in [-0.2, -0.15) is 13.2 Å². The molecule has 0 amide bonds. The fraction of sp³-hybridized carbons (Fsp3) is 0.533. The molecule has 0 saturated carbocycles. The second kappa shape index (κ2) is 5.87. The minimum atomic E-state index is -4.36. The first-order valence-corrected chi connectivity index (χ1v) is 7.42. The summed E-state index contributed by atoms with van der Waals surface area (Å²) in [6.45, 7) is 5.88. The van der Waals surface area contributed by atoms with Gasteiger partial charge in [0.2, 0.25) is 0 Å². The molecule has 2 nitrogen and oxygen atoms in total. The number of benzene rings is 1. The van der Waals surface area contributed by atoms with Gasteiger partial charge in [0.15, 0.2) is 0 Å². The van der Waals surface area contributed by atoms with Crippen molar-refractivity contribution in [2.45, 2.75) is 51.2 Å². The molecule has 0 fully saturated rings. The predicted molar refractivity (Wildman–Crippen MR) is 78.6 cm³/mol. The first-order chi connectivity index (χ1) is 9.75. The average molecular weight is 319 g/mol. The van der Waals surface area contributed by atoms with Crippen LogP contribution in [0.15, 0.2) is 18.2 Å². The number of nitrogens with zero attached hydrogens (tertiary/aromatic N) is 2. The number of fused-ring (bicyclic) bond motifs is 1. The van der Waals surface area contributed by atoms with Crippen molar-refractivity contribution in [3.05, 3.63) is 29.6 Å². The van der Waals surface area contributed by atoms with Crippen molar-refractivity contribution in [2.24, 2.45) is 0 Å². The van der Waals surface area contributed by atoms with E-state index in [1.165, 1.54) is 6.07 Å². The Morgan fingerprint density at radius 2 is 1.95 bits per heavy atom. The van der Waals surface area contributed by atoms with E-state index in [4.69, 9.17) is 11.6 Å². The Labute approximate surface area is 126 Å². The van der Waals surface area contributed by atoms with E-state index in [9.17, 15) is 13.2 Å². The van der Waals surface area contributed by atoms with Gasteiger partial charge >= 0.3 is 6.18 Å². The molecule has 2 unspecified atom stereocenters. The average Bonchev–Trinajstić information content (AvgIpc) is 2.76. The molecule has 0 radical (unpaired) electrons. The standard InChI is InChI=1S/C15H18ClF3N2/c1-4-5-9(2)21-13-7-6-11(15(17,18)19)8-12(13)20-14(21)10(3)16/h6-10H,4-5H2,1-3H3. The molecule has 2 atom stereocenters. The monoisotopic (exact) mass is 318 g/mol. The van der Waals surface area contributed by atoms with E-state index in [1.54, 1.807) is 6.92 Å². The van der Waals surface area contributed by atoms with E-state index in [2.05, 4.69) is 11.9 Å². The Hall–Kier alpha value is -1.23. The number of alkyl halides is 4. The largest absolute Gasteiger partial charge is 0.416 e. The van der Waals surface area contributed by atoms with Gasteiger partial charge in [0.25, 0.3) is 0 Å². The zero-order valence-electron chi connectivity index (χ0n) is 12.2. The van der Waals surface area contributed by atoms with Gasteiger partial charge in [-0.1, -0.05) is 13.3 Å². The van der Waals surface area contributed by atoms with Crippen molar-refractivity contribution in [1.29, 1.82) is 0 Å². The second-order valence-corrected chi connectivity index (χ2v) is 5.95. The molecule has 0 spiro atoms. The Bertz CT molecular complexity index is 632. The van der Waals surface area contributed by atoms with E-state index in [-0.39, 0.29) is 11.4 Å². The zero-order valence-corrected chi connectivity index (χ0v) is 13.0. The maximum absolute atomic E-state index is 12.8. The topological polar surface area (TPSA) is 17.8 Å². The van der Waals surface area contributed by atoms with Crippen LogP contribution in [-0.2, 0) is 6.18 Å². The number of hydrogen-bond acceptors (Lipinski definition) is 1. The second-order valence-electron chi connectivity index (χ2n) is 5.29. The summed E-state index contributed by atoms with van der Waals surface area (Å²) < 4.78 is 40.4. The van der Waals surface area contributed by atoms with Crippen molar-refractivity contribution in [2.75, 3.05) is 0 Å². The summed E-state index contributed by atoms with van der Waals surface area (Å²) in [5.74, 6) is 0.618. The van der Waals surface area contributed by atoms with Crippen LogP contribution in [0.1, 0.15) is 56.4 Å². The van der Waals surface area contributed by atoms with E-state index in [0.29, 0.717) is 16.9 Å². The summed E-state index contributed by atoms with van der Waals surface area (Å²) in [7, 11) is 0. The number of halogens is 4. The van der Waals surface area contributed by atoms with Gasteiger partial charge in [0, 0.05) is 6.04 Å². The molecule has 0 aliphatic heterocycles. The lowest BCUT2D eigenvalue weighted by Gasteiger charge is -2.18. The molecule has 0 aliphatic carbocycles. The molecule has 0 bridgehead atoms. The van der Waals surface area contributed by atoms with Gasteiger partial charge in [0.05, 0.1) is 22.0 Å². The highest BCUT2D eigenvalue weighted by Gasteiger charge is 2.31. The summed E-state index contributed by atoms with van der Waals surface area (Å²) in [6.07, 6.45) is -2.46. The van der Waals surface area contributed by atoms with Crippen molar-refractivity contribution in [1.82, 2.24) is 9.55 Å². The Kier molecular flexibility index (Phi) is 4.51. The van der Waals surface area contributed by atoms with Crippen LogP contribution >= 0.6 is 11.6 Å². The molecule has 6 heteroatoms. The summed E-state index contributed by atoms with van der Waals surface area (Å²) in [4.78, 5) is 4.32. The smallest absolute Gasteiger partial charge is 0.324 e. The van der Waals surface area contributed by atoms with Crippen LogP contribution in [0.3, 0.4) is 0 Å². The Morgan fingerprint density at radius 1 is 1.29 bits per heavy atom. The number of rotatable bonds is 4. The maximum Gasteiger partial charge on any atom is 0.416 e. The van der Waals surface area contributed by atoms with Crippen LogP contribution in [0.4, 0.5) is 13.2 Å². The van der Waals surface area contributed by atoms with Gasteiger partial charge in [-0.15, -0.1) is 11.6 Å². The number of aromatic nitrogens is 2. The van der Waals surface area contributed by atoms with Crippen LogP contribution in [0.2, 0.25) is 0 Å². The van der Waals surface area contributed by atoms with Gasteiger partial charge in [-0.3, -0.25) is 0 Å². The summed E-state index contributed by atoms with van der Waals surface area (Å²) >= 11 is 6.15. The molecular weight excluding hydrogens is 301 g/mol. The minimum absolute atomic E-state index is 0.146.